The predicted octanol–water partition coefficient (Wildman–Crippen LogP) is 4.02. The number of halogens is 1. The molecule has 2 N–H and O–H groups in total. The molecule has 2 heterocycles. The predicted molar refractivity (Wildman–Crippen MR) is 153 cm³/mol. The van der Waals surface area contributed by atoms with E-state index in [0.29, 0.717) is 44.2 Å². The number of piperidine rings is 1. The van der Waals surface area contributed by atoms with E-state index in [9.17, 15) is 18.3 Å². The zero-order chi connectivity index (χ0) is 28.4. The van der Waals surface area contributed by atoms with Gasteiger partial charge in [0.15, 0.2) is 0 Å². The van der Waals surface area contributed by atoms with E-state index in [1.165, 1.54) is 0 Å². The van der Waals surface area contributed by atoms with Gasteiger partial charge in [-0.05, 0) is 60.7 Å². The van der Waals surface area contributed by atoms with Gasteiger partial charge in [-0.3, -0.25) is 4.79 Å². The summed E-state index contributed by atoms with van der Waals surface area (Å²) in [5.74, 6) is 0.420. The van der Waals surface area contributed by atoms with Gasteiger partial charge < -0.3 is 19.6 Å². The van der Waals surface area contributed by atoms with E-state index < -0.39 is 16.1 Å². The molecule has 0 bridgehead atoms. The second-order valence-electron chi connectivity index (χ2n) is 12.3. The number of likely N-dealkylation sites (tertiary alicyclic amines) is 1. The summed E-state index contributed by atoms with van der Waals surface area (Å²) in [7, 11) is -2.01. The number of aliphatic hydroxyl groups is 1. The van der Waals surface area contributed by atoms with Crippen LogP contribution in [0.3, 0.4) is 0 Å². The van der Waals surface area contributed by atoms with Crippen molar-refractivity contribution in [2.24, 2.45) is 10.8 Å². The van der Waals surface area contributed by atoms with E-state index in [2.05, 4.69) is 25.5 Å². The van der Waals surface area contributed by atoms with Crippen LogP contribution in [0.4, 0.5) is 0 Å². The number of fused-ring (bicyclic) bond motifs is 1. The van der Waals surface area contributed by atoms with E-state index in [-0.39, 0.29) is 33.9 Å². The number of rotatable bonds is 2. The first-order chi connectivity index (χ1) is 18.3. The lowest BCUT2D eigenvalue weighted by Gasteiger charge is -2.44. The highest BCUT2D eigenvalue weighted by Gasteiger charge is 2.39. The Morgan fingerprint density at radius 1 is 1.13 bits per heavy atom. The summed E-state index contributed by atoms with van der Waals surface area (Å²) in [6.07, 6.45) is 1.07. The highest BCUT2D eigenvalue weighted by molar-refractivity contribution is 7.89. The number of β-amino-alcohol motifs (C(OH)–C–C–N with tert-alkyl or cyclic N) is 1. The molecule has 1 saturated heterocycles. The summed E-state index contributed by atoms with van der Waals surface area (Å²) >= 11 is 6.06. The zero-order valence-electron chi connectivity index (χ0n) is 23.2. The summed E-state index contributed by atoms with van der Waals surface area (Å²) in [6.45, 7) is 8.60. The monoisotopic (exact) mass is 577 g/mol. The van der Waals surface area contributed by atoms with Gasteiger partial charge in [-0.2, -0.15) is 0 Å². The second-order valence-corrected chi connectivity index (χ2v) is 14.4. The standard InChI is InChI=1S/C29H40ClN3O5S/c1-28(2,3)16-27(35)33-13-11-29(12-14-33)19-32(4)18-24(34)17-31-39(36,37)26-10-7-22(15-25(26)38-20-29)21-5-8-23(30)9-6-21/h5-10,15,24,31,34H,11-14,16-20H2,1-4H3. The topological polar surface area (TPSA) is 99.2 Å². The van der Waals surface area contributed by atoms with Crippen molar-refractivity contribution in [2.75, 3.05) is 46.4 Å². The SMILES string of the molecule is CN1CC(O)CNS(=O)(=O)c2ccc(-c3ccc(Cl)cc3)cc2OCC2(CCN(C(=O)CC(C)(C)C)CC2)C1. The maximum atomic E-state index is 13.3. The van der Waals surface area contributed by atoms with Crippen LogP contribution in [-0.2, 0) is 14.8 Å². The number of aliphatic hydroxyl groups excluding tert-OH is 1. The van der Waals surface area contributed by atoms with Crippen LogP contribution in [0.2, 0.25) is 5.02 Å². The van der Waals surface area contributed by atoms with E-state index in [4.69, 9.17) is 16.3 Å². The molecule has 39 heavy (non-hydrogen) atoms. The minimum absolute atomic E-state index is 0.0364. The molecule has 0 radical (unpaired) electrons. The summed E-state index contributed by atoms with van der Waals surface area (Å²) < 4.78 is 35.4. The normalized spacial score (nSPS) is 22.3. The molecule has 1 unspecified atom stereocenters. The summed E-state index contributed by atoms with van der Waals surface area (Å²) in [6, 6.07) is 12.4. The Morgan fingerprint density at radius 2 is 1.77 bits per heavy atom. The Balaban J connectivity index is 1.65. The Labute approximate surface area is 237 Å². The van der Waals surface area contributed by atoms with Gasteiger partial charge in [-0.25, -0.2) is 13.1 Å². The summed E-state index contributed by atoms with van der Waals surface area (Å²) in [5.41, 5.74) is 1.31. The van der Waals surface area contributed by atoms with Crippen molar-refractivity contribution in [1.29, 1.82) is 0 Å². The Kier molecular flexibility index (Phi) is 8.98. The molecule has 214 valence electrons. The third kappa shape index (κ3) is 7.73. The van der Waals surface area contributed by atoms with Crippen LogP contribution in [0, 0.1) is 10.8 Å². The maximum Gasteiger partial charge on any atom is 0.244 e. The van der Waals surface area contributed by atoms with Gasteiger partial charge in [0, 0.05) is 49.6 Å². The van der Waals surface area contributed by atoms with Gasteiger partial charge in [0.05, 0.1) is 12.7 Å². The van der Waals surface area contributed by atoms with Crippen molar-refractivity contribution >= 4 is 27.5 Å². The molecule has 1 spiro atoms. The number of nitrogens with one attached hydrogen (secondary N) is 1. The van der Waals surface area contributed by atoms with Gasteiger partial charge in [-0.15, -0.1) is 0 Å². The highest BCUT2D eigenvalue weighted by atomic mass is 35.5. The quantitative estimate of drug-likeness (QED) is 0.559. The van der Waals surface area contributed by atoms with Crippen molar-refractivity contribution < 1.29 is 23.1 Å². The minimum Gasteiger partial charge on any atom is -0.492 e. The van der Waals surface area contributed by atoms with Gasteiger partial charge in [-0.1, -0.05) is 50.6 Å². The largest absolute Gasteiger partial charge is 0.492 e. The van der Waals surface area contributed by atoms with Crippen molar-refractivity contribution in [1.82, 2.24) is 14.5 Å². The second kappa shape index (κ2) is 11.7. The molecule has 2 aliphatic heterocycles. The van der Waals surface area contributed by atoms with Gasteiger partial charge in [0.1, 0.15) is 10.6 Å². The molecule has 0 aromatic heterocycles. The molecule has 2 aliphatic rings. The summed E-state index contributed by atoms with van der Waals surface area (Å²) in [4.78, 5) is 16.9. The molecule has 0 saturated carbocycles. The number of hydrogen-bond donors (Lipinski definition) is 2. The molecule has 2 aromatic carbocycles. The number of sulfonamides is 1. The van der Waals surface area contributed by atoms with Crippen LogP contribution in [0.25, 0.3) is 11.1 Å². The molecular formula is C29H40ClN3O5S. The Morgan fingerprint density at radius 3 is 2.41 bits per heavy atom. The number of carbonyl (C=O) groups excluding carboxylic acids is 1. The fourth-order valence-corrected chi connectivity index (χ4v) is 6.71. The lowest BCUT2D eigenvalue weighted by Crippen LogP contribution is -2.51. The van der Waals surface area contributed by atoms with E-state index in [0.717, 1.165) is 24.0 Å². The lowest BCUT2D eigenvalue weighted by molar-refractivity contribution is -0.136. The van der Waals surface area contributed by atoms with Crippen LogP contribution < -0.4 is 9.46 Å². The number of ether oxygens (including phenoxy) is 1. The smallest absolute Gasteiger partial charge is 0.244 e. The van der Waals surface area contributed by atoms with Crippen LogP contribution in [0.5, 0.6) is 5.75 Å². The molecule has 8 nitrogen and oxygen atoms in total. The number of amides is 1. The third-order valence-corrected chi connectivity index (χ3v) is 9.15. The fourth-order valence-electron chi connectivity index (χ4n) is 5.38. The van der Waals surface area contributed by atoms with Crippen LogP contribution in [0.15, 0.2) is 47.4 Å². The van der Waals surface area contributed by atoms with Gasteiger partial charge in [0.2, 0.25) is 15.9 Å². The van der Waals surface area contributed by atoms with Crippen LogP contribution in [-0.4, -0.2) is 81.7 Å². The van der Waals surface area contributed by atoms with Crippen LogP contribution in [0.1, 0.15) is 40.0 Å². The highest BCUT2D eigenvalue weighted by Crippen LogP contribution is 2.37. The van der Waals surface area contributed by atoms with Crippen molar-refractivity contribution in [3.8, 4) is 16.9 Å². The molecule has 1 atom stereocenters. The number of hydrogen-bond acceptors (Lipinski definition) is 6. The molecular weight excluding hydrogens is 538 g/mol. The first-order valence-electron chi connectivity index (χ1n) is 13.4. The van der Waals surface area contributed by atoms with Crippen molar-refractivity contribution in [2.45, 2.75) is 51.0 Å². The van der Waals surface area contributed by atoms with Crippen molar-refractivity contribution in [3.63, 3.8) is 0 Å². The van der Waals surface area contributed by atoms with Gasteiger partial charge >= 0.3 is 0 Å². The average molecular weight is 578 g/mol. The zero-order valence-corrected chi connectivity index (χ0v) is 24.8. The lowest BCUT2D eigenvalue weighted by atomic mass is 9.78. The van der Waals surface area contributed by atoms with E-state index in [1.54, 1.807) is 30.3 Å². The van der Waals surface area contributed by atoms with E-state index in [1.807, 2.05) is 29.0 Å². The van der Waals surface area contributed by atoms with Gasteiger partial charge in [0.25, 0.3) is 0 Å². The Bertz CT molecular complexity index is 1270. The molecule has 10 heteroatoms. The molecule has 1 fully saturated rings. The number of nitrogens with zero attached hydrogens (tertiary/aromatic N) is 2. The molecule has 2 aromatic rings. The minimum atomic E-state index is -3.93. The average Bonchev–Trinajstić information content (AvgIpc) is 2.85. The molecule has 4 rings (SSSR count). The number of carbonyl (C=O) groups is 1. The molecule has 0 aliphatic carbocycles. The Hall–Kier alpha value is -2.17. The third-order valence-electron chi connectivity index (χ3n) is 7.44. The maximum absolute atomic E-state index is 13.3. The van der Waals surface area contributed by atoms with Crippen LogP contribution >= 0.6 is 11.6 Å². The van der Waals surface area contributed by atoms with Crippen molar-refractivity contribution in [3.05, 3.63) is 47.5 Å². The van der Waals surface area contributed by atoms with E-state index >= 15 is 0 Å². The first-order valence-corrected chi connectivity index (χ1v) is 15.3. The summed E-state index contributed by atoms with van der Waals surface area (Å²) in [5, 5.41) is 11.2. The fraction of sp³-hybridized carbons (Fsp3) is 0.552. The first kappa shape index (κ1) is 29.8. The number of likely N-dealkylation sites (N-methyl/N-ethyl adjacent to an activating group) is 1. The number of benzene rings is 2. The molecule has 1 amide bonds.